The third-order valence-corrected chi connectivity index (χ3v) is 1.98. The van der Waals surface area contributed by atoms with Crippen LogP contribution in [0.15, 0.2) is 29.4 Å². The molecule has 0 aromatic carbocycles. The Morgan fingerprint density at radius 3 is 2.47 bits per heavy atom. The molecule has 0 radical (unpaired) electrons. The summed E-state index contributed by atoms with van der Waals surface area (Å²) in [7, 11) is 0. The van der Waals surface area contributed by atoms with E-state index in [1.165, 1.54) is 5.57 Å². The van der Waals surface area contributed by atoms with Crippen molar-refractivity contribution in [3.8, 4) is 0 Å². The molecule has 0 saturated heterocycles. The van der Waals surface area contributed by atoms with Gasteiger partial charge in [0.05, 0.1) is 0 Å². The average molecular weight is 206 g/mol. The van der Waals surface area contributed by atoms with E-state index in [0.717, 1.165) is 6.42 Å². The number of rotatable bonds is 4. The second-order valence-electron chi connectivity index (χ2n) is 4.56. The molecule has 4 nitrogen and oxygen atoms in total. The summed E-state index contributed by atoms with van der Waals surface area (Å²) in [6, 6.07) is 0. The van der Waals surface area contributed by atoms with Gasteiger partial charge in [-0.05, 0) is 20.3 Å². The molecule has 1 rings (SSSR count). The Morgan fingerprint density at radius 2 is 1.93 bits per heavy atom. The molecule has 0 atom stereocenters. The lowest BCUT2D eigenvalue weighted by Gasteiger charge is -2.16. The highest BCUT2D eigenvalue weighted by Crippen LogP contribution is 2.19. The smallest absolute Gasteiger partial charge is 0.141 e. The first-order chi connectivity index (χ1) is 6.99. The predicted octanol–water partition coefficient (Wildman–Crippen LogP) is 2.49. The summed E-state index contributed by atoms with van der Waals surface area (Å²) in [5.74, 6) is 0. The lowest BCUT2D eigenvalue weighted by Crippen LogP contribution is -2.12. The van der Waals surface area contributed by atoms with E-state index in [2.05, 4.69) is 49.1 Å². The molecule has 1 aromatic rings. The molecule has 0 bridgehead atoms. The van der Waals surface area contributed by atoms with Crippen LogP contribution in [0.1, 0.15) is 34.1 Å². The van der Waals surface area contributed by atoms with Gasteiger partial charge < -0.3 is 0 Å². The highest BCUT2D eigenvalue weighted by molar-refractivity contribution is 5.64. The van der Waals surface area contributed by atoms with Gasteiger partial charge in [0.1, 0.15) is 12.7 Å². The summed E-state index contributed by atoms with van der Waals surface area (Å²) in [6.07, 6.45) is 8.29. The molecule has 1 aromatic heterocycles. The predicted molar refractivity (Wildman–Crippen MR) is 61.7 cm³/mol. The molecule has 0 spiro atoms. The van der Waals surface area contributed by atoms with Gasteiger partial charge in [0.2, 0.25) is 0 Å². The van der Waals surface area contributed by atoms with Crippen molar-refractivity contribution >= 4 is 6.21 Å². The van der Waals surface area contributed by atoms with Crippen LogP contribution in [-0.2, 0) is 0 Å². The first-order valence-electron chi connectivity index (χ1n) is 5.03. The Labute approximate surface area is 90.7 Å². The van der Waals surface area contributed by atoms with Gasteiger partial charge in [0.15, 0.2) is 0 Å². The number of hydrogen-bond acceptors (Lipinski definition) is 3. The van der Waals surface area contributed by atoms with Crippen molar-refractivity contribution in [2.24, 2.45) is 10.5 Å². The Hall–Kier alpha value is -1.45. The average Bonchev–Trinajstić information content (AvgIpc) is 2.65. The highest BCUT2D eigenvalue weighted by atomic mass is 15.4. The normalized spacial score (nSPS) is 12.0. The molecule has 0 amide bonds. The number of allylic oxidation sites excluding steroid dienone is 2. The quantitative estimate of drug-likeness (QED) is 0.561. The number of hydrogen-bond donors (Lipinski definition) is 0. The molecule has 0 aliphatic carbocycles. The van der Waals surface area contributed by atoms with E-state index < -0.39 is 0 Å². The van der Waals surface area contributed by atoms with Crippen molar-refractivity contribution < 1.29 is 0 Å². The van der Waals surface area contributed by atoms with Gasteiger partial charge >= 0.3 is 0 Å². The van der Waals surface area contributed by atoms with Crippen molar-refractivity contribution in [2.45, 2.75) is 34.1 Å². The third-order valence-electron chi connectivity index (χ3n) is 1.98. The van der Waals surface area contributed by atoms with Crippen molar-refractivity contribution in [3.63, 3.8) is 0 Å². The van der Waals surface area contributed by atoms with Crippen LogP contribution in [0, 0.1) is 5.41 Å². The fourth-order valence-electron chi connectivity index (χ4n) is 0.998. The maximum absolute atomic E-state index is 4.25. The summed E-state index contributed by atoms with van der Waals surface area (Å²) < 4.78 is 1.60. The zero-order chi connectivity index (χ0) is 11.3. The van der Waals surface area contributed by atoms with Gasteiger partial charge in [-0.2, -0.15) is 5.10 Å². The molecule has 1 heterocycles. The van der Waals surface area contributed by atoms with Gasteiger partial charge in [-0.25, -0.2) is 4.68 Å². The van der Waals surface area contributed by atoms with Crippen LogP contribution in [0.25, 0.3) is 0 Å². The molecule has 0 saturated carbocycles. The summed E-state index contributed by atoms with van der Waals surface area (Å²) in [6.45, 7) is 8.51. The van der Waals surface area contributed by atoms with Crippen LogP contribution in [0.4, 0.5) is 0 Å². The Morgan fingerprint density at radius 1 is 1.33 bits per heavy atom. The molecular weight excluding hydrogens is 188 g/mol. The molecule has 0 aliphatic heterocycles. The number of aromatic nitrogens is 3. The molecule has 0 fully saturated rings. The molecular formula is C11H18N4. The van der Waals surface area contributed by atoms with E-state index in [1.54, 1.807) is 17.3 Å². The van der Waals surface area contributed by atoms with E-state index >= 15 is 0 Å². The first kappa shape index (κ1) is 11.6. The topological polar surface area (TPSA) is 43.1 Å². The summed E-state index contributed by atoms with van der Waals surface area (Å²) in [4.78, 5) is 0. The standard InChI is InChI=1S/C11H18N4/c1-10(2)5-6-11(3,4)7-14-15-8-12-13-9-15/h5,7-9H,6H2,1-4H3/b14-7+. The van der Waals surface area contributed by atoms with E-state index in [-0.39, 0.29) is 5.41 Å². The van der Waals surface area contributed by atoms with Crippen molar-refractivity contribution in [1.29, 1.82) is 0 Å². The fourth-order valence-corrected chi connectivity index (χ4v) is 0.998. The molecule has 15 heavy (non-hydrogen) atoms. The van der Waals surface area contributed by atoms with E-state index in [1.807, 2.05) is 6.21 Å². The molecule has 0 unspecified atom stereocenters. The maximum Gasteiger partial charge on any atom is 0.141 e. The summed E-state index contributed by atoms with van der Waals surface area (Å²) in [5, 5.41) is 11.6. The van der Waals surface area contributed by atoms with Crippen molar-refractivity contribution in [2.75, 3.05) is 0 Å². The van der Waals surface area contributed by atoms with Gasteiger partial charge in [-0.15, -0.1) is 10.2 Å². The third kappa shape index (κ3) is 4.54. The molecule has 82 valence electrons. The second kappa shape index (κ2) is 4.87. The minimum Gasteiger partial charge on any atom is -0.208 e. The van der Waals surface area contributed by atoms with E-state index in [4.69, 9.17) is 0 Å². The van der Waals surface area contributed by atoms with Gasteiger partial charge in [0, 0.05) is 11.6 Å². The summed E-state index contributed by atoms with van der Waals surface area (Å²) >= 11 is 0. The lowest BCUT2D eigenvalue weighted by atomic mass is 9.90. The number of nitrogens with zero attached hydrogens (tertiary/aromatic N) is 4. The van der Waals surface area contributed by atoms with Crippen molar-refractivity contribution in [3.05, 3.63) is 24.3 Å². The fraction of sp³-hybridized carbons (Fsp3) is 0.545. The summed E-state index contributed by atoms with van der Waals surface area (Å²) in [5.41, 5.74) is 1.39. The van der Waals surface area contributed by atoms with E-state index in [0.29, 0.717) is 0 Å². The molecule has 0 aliphatic rings. The van der Waals surface area contributed by atoms with Gasteiger partial charge in [-0.3, -0.25) is 0 Å². The van der Waals surface area contributed by atoms with Crippen LogP contribution in [0.5, 0.6) is 0 Å². The zero-order valence-electron chi connectivity index (χ0n) is 9.81. The Bertz CT molecular complexity index is 343. The SMILES string of the molecule is CC(C)=CCC(C)(C)/C=N/n1cnnc1. The van der Waals surface area contributed by atoms with Gasteiger partial charge in [0.25, 0.3) is 0 Å². The van der Waals surface area contributed by atoms with E-state index in [9.17, 15) is 0 Å². The zero-order valence-corrected chi connectivity index (χ0v) is 9.81. The largest absolute Gasteiger partial charge is 0.208 e. The minimum absolute atomic E-state index is 0.0571. The van der Waals surface area contributed by atoms with Crippen LogP contribution in [0.2, 0.25) is 0 Å². The lowest BCUT2D eigenvalue weighted by molar-refractivity contribution is 0.539. The Kier molecular flexibility index (Phi) is 3.77. The molecule has 0 N–H and O–H groups in total. The van der Waals surface area contributed by atoms with Crippen LogP contribution in [-0.4, -0.2) is 21.1 Å². The first-order valence-corrected chi connectivity index (χ1v) is 5.03. The molecule has 4 heteroatoms. The second-order valence-corrected chi connectivity index (χ2v) is 4.56. The van der Waals surface area contributed by atoms with Crippen LogP contribution < -0.4 is 0 Å². The van der Waals surface area contributed by atoms with Gasteiger partial charge in [-0.1, -0.05) is 25.5 Å². The van der Waals surface area contributed by atoms with Crippen LogP contribution >= 0.6 is 0 Å². The van der Waals surface area contributed by atoms with Crippen molar-refractivity contribution in [1.82, 2.24) is 14.9 Å². The Balaban J connectivity index is 2.59. The van der Waals surface area contributed by atoms with Crippen LogP contribution in [0.3, 0.4) is 0 Å². The monoisotopic (exact) mass is 206 g/mol. The maximum atomic E-state index is 4.25. The highest BCUT2D eigenvalue weighted by Gasteiger charge is 2.12. The minimum atomic E-state index is 0.0571.